The number of imidazole rings is 1. The second kappa shape index (κ2) is 5.22. The average Bonchev–Trinajstić information content (AvgIpc) is 2.74. The molecule has 0 aliphatic carbocycles. The van der Waals surface area contributed by atoms with Crippen LogP contribution < -0.4 is 5.56 Å². The van der Waals surface area contributed by atoms with Crippen LogP contribution in [-0.2, 0) is 11.0 Å². The number of aliphatic hydroxyl groups excluding tert-OH is 1. The van der Waals surface area contributed by atoms with Crippen LogP contribution in [0.2, 0.25) is 0 Å². The number of fused-ring (bicyclic) bond motifs is 1. The zero-order valence-corrected chi connectivity index (χ0v) is 10.7. The van der Waals surface area contributed by atoms with Crippen molar-refractivity contribution in [3.63, 3.8) is 0 Å². The number of hydrogen-bond acceptors (Lipinski definition) is 5. The Kier molecular flexibility index (Phi) is 3.81. The number of aromatic amines is 2. The summed E-state index contributed by atoms with van der Waals surface area (Å²) in [7, 11) is -4.13. The van der Waals surface area contributed by atoms with Gasteiger partial charge in [-0.05, 0) is 6.42 Å². The molecule has 0 aliphatic rings. The minimum Gasteiger partial charge on any atom is -0.393 e. The van der Waals surface area contributed by atoms with Gasteiger partial charge in [-0.25, -0.2) is 9.97 Å². The molecule has 1 atom stereocenters. The first kappa shape index (κ1) is 13.9. The lowest BCUT2D eigenvalue weighted by Gasteiger charge is -2.10. The molecule has 0 fully saturated rings. The smallest absolute Gasteiger partial charge is 0.325 e. The van der Waals surface area contributed by atoms with Crippen LogP contribution in [0.15, 0.2) is 11.1 Å². The van der Waals surface area contributed by atoms with Crippen molar-refractivity contribution in [1.82, 2.24) is 19.9 Å². The van der Waals surface area contributed by atoms with Crippen molar-refractivity contribution in [2.45, 2.75) is 18.9 Å². The Morgan fingerprint density at radius 2 is 2.16 bits per heavy atom. The second-order valence-corrected chi connectivity index (χ2v) is 5.93. The molecule has 0 saturated carbocycles. The number of nitrogens with zero attached hydrogens (tertiary/aromatic N) is 2. The lowest BCUT2D eigenvalue weighted by Crippen LogP contribution is -2.19. The van der Waals surface area contributed by atoms with E-state index in [1.165, 1.54) is 6.33 Å². The predicted octanol–water partition coefficient (Wildman–Crippen LogP) is -0.883. The second-order valence-electron chi connectivity index (χ2n) is 4.15. The van der Waals surface area contributed by atoms with E-state index < -0.39 is 25.4 Å². The van der Waals surface area contributed by atoms with Crippen molar-refractivity contribution >= 4 is 18.8 Å². The number of rotatable bonds is 5. The van der Waals surface area contributed by atoms with E-state index in [-0.39, 0.29) is 29.8 Å². The molecular weight excluding hydrogens is 275 g/mol. The Hall–Kier alpha value is -1.54. The summed E-state index contributed by atoms with van der Waals surface area (Å²) in [5.41, 5.74) is 0.0779. The highest BCUT2D eigenvalue weighted by atomic mass is 31.2. The molecule has 0 radical (unpaired) electrons. The molecule has 10 heteroatoms. The average molecular weight is 288 g/mol. The van der Waals surface area contributed by atoms with Gasteiger partial charge >= 0.3 is 7.60 Å². The molecule has 2 heterocycles. The Bertz CT molecular complexity index is 675. The molecule has 0 spiro atoms. The predicted molar refractivity (Wildman–Crippen MR) is 65.7 cm³/mol. The topological polar surface area (TPSA) is 152 Å². The van der Waals surface area contributed by atoms with E-state index in [2.05, 4.69) is 19.9 Å². The molecule has 2 aromatic rings. The van der Waals surface area contributed by atoms with E-state index >= 15 is 0 Å². The Balaban J connectivity index is 2.08. The van der Waals surface area contributed by atoms with Gasteiger partial charge in [0.2, 0.25) is 0 Å². The van der Waals surface area contributed by atoms with Gasteiger partial charge in [0.05, 0.1) is 18.6 Å². The molecule has 19 heavy (non-hydrogen) atoms. The van der Waals surface area contributed by atoms with Gasteiger partial charge in [0.25, 0.3) is 5.56 Å². The molecule has 0 aromatic carbocycles. The maximum absolute atomic E-state index is 11.6. The summed E-state index contributed by atoms with van der Waals surface area (Å²) in [6.07, 6.45) is -0.152. The number of aromatic nitrogens is 4. The summed E-state index contributed by atoms with van der Waals surface area (Å²) in [6.45, 7) is 0. The van der Waals surface area contributed by atoms with Gasteiger partial charge < -0.3 is 24.9 Å². The number of H-pyrrole nitrogens is 2. The van der Waals surface area contributed by atoms with Gasteiger partial charge in [-0.1, -0.05) is 0 Å². The molecule has 9 nitrogen and oxygen atoms in total. The highest BCUT2D eigenvalue weighted by Gasteiger charge is 2.17. The summed E-state index contributed by atoms with van der Waals surface area (Å²) in [4.78, 5) is 42.0. The normalized spacial score (nSPS) is 13.8. The Morgan fingerprint density at radius 3 is 2.84 bits per heavy atom. The van der Waals surface area contributed by atoms with Crippen molar-refractivity contribution < 1.29 is 19.5 Å². The fraction of sp³-hybridized carbons (Fsp3) is 0.444. The summed E-state index contributed by atoms with van der Waals surface area (Å²) in [6, 6.07) is 0. The summed E-state index contributed by atoms with van der Waals surface area (Å²) in [5.74, 6) is 0.225. The summed E-state index contributed by atoms with van der Waals surface area (Å²) < 4.78 is 10.7. The van der Waals surface area contributed by atoms with Gasteiger partial charge in [-0.15, -0.1) is 0 Å². The molecule has 2 aromatic heterocycles. The maximum Gasteiger partial charge on any atom is 0.325 e. The first-order chi connectivity index (χ1) is 8.85. The zero-order chi connectivity index (χ0) is 14.0. The van der Waals surface area contributed by atoms with E-state index in [9.17, 15) is 14.5 Å². The van der Waals surface area contributed by atoms with E-state index in [0.29, 0.717) is 0 Å². The molecule has 0 saturated heterocycles. The monoisotopic (exact) mass is 288 g/mol. The number of hydrogen-bond donors (Lipinski definition) is 5. The van der Waals surface area contributed by atoms with Crippen LogP contribution in [0.5, 0.6) is 0 Å². The summed E-state index contributed by atoms with van der Waals surface area (Å²) in [5, 5.41) is 9.65. The third-order valence-electron chi connectivity index (χ3n) is 2.53. The van der Waals surface area contributed by atoms with E-state index in [4.69, 9.17) is 9.79 Å². The minimum absolute atomic E-state index is 0.00194. The molecule has 0 bridgehead atoms. The molecule has 0 unspecified atom stereocenters. The third-order valence-corrected chi connectivity index (χ3v) is 3.37. The fourth-order valence-electron chi connectivity index (χ4n) is 1.63. The number of aliphatic hydroxyl groups is 1. The van der Waals surface area contributed by atoms with Crippen molar-refractivity contribution in [3.8, 4) is 0 Å². The van der Waals surface area contributed by atoms with Crippen molar-refractivity contribution in [1.29, 1.82) is 0 Å². The SMILES string of the molecule is O=c1[nH]c(C[C@@H](O)CCP(=O)(O)O)nc2nc[nH]c12. The first-order valence-corrected chi connectivity index (χ1v) is 7.30. The summed E-state index contributed by atoms with van der Waals surface area (Å²) >= 11 is 0. The third kappa shape index (κ3) is 3.71. The van der Waals surface area contributed by atoms with Crippen LogP contribution in [0, 0.1) is 0 Å². The Labute approximate surface area is 106 Å². The molecule has 0 aliphatic heterocycles. The van der Waals surface area contributed by atoms with E-state index in [0.717, 1.165) is 0 Å². The largest absolute Gasteiger partial charge is 0.393 e. The molecule has 2 rings (SSSR count). The van der Waals surface area contributed by atoms with Crippen LogP contribution in [0.3, 0.4) is 0 Å². The quantitative estimate of drug-likeness (QED) is 0.448. The highest BCUT2D eigenvalue weighted by molar-refractivity contribution is 7.51. The first-order valence-electron chi connectivity index (χ1n) is 5.50. The van der Waals surface area contributed by atoms with Crippen LogP contribution >= 0.6 is 7.60 Å². The highest BCUT2D eigenvalue weighted by Crippen LogP contribution is 2.35. The molecule has 5 N–H and O–H groups in total. The molecule has 104 valence electrons. The van der Waals surface area contributed by atoms with Crippen LogP contribution in [0.1, 0.15) is 12.2 Å². The number of nitrogens with one attached hydrogen (secondary N) is 2. The van der Waals surface area contributed by atoms with Gasteiger partial charge in [0.15, 0.2) is 11.2 Å². The van der Waals surface area contributed by atoms with E-state index in [1.54, 1.807) is 0 Å². The van der Waals surface area contributed by atoms with Crippen LogP contribution in [0.4, 0.5) is 0 Å². The van der Waals surface area contributed by atoms with Gasteiger partial charge in [-0.3, -0.25) is 9.36 Å². The Morgan fingerprint density at radius 1 is 1.42 bits per heavy atom. The minimum atomic E-state index is -4.13. The van der Waals surface area contributed by atoms with E-state index in [1.807, 2.05) is 0 Å². The zero-order valence-electron chi connectivity index (χ0n) is 9.78. The standard InChI is InChI=1S/C9H13N4O5P/c14-5(1-2-19(16,17)18)3-6-12-8-7(9(15)13-6)10-4-11-8/h4-5,14H,1-3H2,(H2,16,17,18)(H2,10,11,12,13,15)/t5-/m0/s1. The van der Waals surface area contributed by atoms with Crippen LogP contribution in [0.25, 0.3) is 11.2 Å². The maximum atomic E-state index is 11.6. The molecule has 0 amide bonds. The van der Waals surface area contributed by atoms with Gasteiger partial charge in [0, 0.05) is 6.42 Å². The van der Waals surface area contributed by atoms with Crippen LogP contribution in [-0.4, -0.2) is 47.1 Å². The fourth-order valence-corrected chi connectivity index (χ4v) is 2.26. The van der Waals surface area contributed by atoms with Crippen molar-refractivity contribution in [2.75, 3.05) is 6.16 Å². The molecular formula is C9H13N4O5P. The lowest BCUT2D eigenvalue weighted by molar-refractivity contribution is 0.166. The van der Waals surface area contributed by atoms with Gasteiger partial charge in [0.1, 0.15) is 5.82 Å². The van der Waals surface area contributed by atoms with Gasteiger partial charge in [-0.2, -0.15) is 0 Å². The lowest BCUT2D eigenvalue weighted by atomic mass is 10.2. The van der Waals surface area contributed by atoms with Crippen molar-refractivity contribution in [2.24, 2.45) is 0 Å². The van der Waals surface area contributed by atoms with Crippen molar-refractivity contribution in [3.05, 3.63) is 22.5 Å².